The molecule has 4 atom stereocenters. The number of benzene rings is 2. The highest BCUT2D eigenvalue weighted by atomic mass is 32.2. The van der Waals surface area contributed by atoms with E-state index >= 15 is 0 Å². The Morgan fingerprint density at radius 1 is 1.02 bits per heavy atom. The molecule has 0 spiro atoms. The molecule has 15 heteroatoms. The van der Waals surface area contributed by atoms with Gasteiger partial charge in [-0.05, 0) is 42.3 Å². The average molecular weight is 622 g/mol. The van der Waals surface area contributed by atoms with Gasteiger partial charge < -0.3 is 14.6 Å². The minimum absolute atomic E-state index is 0.0559. The molecule has 0 unspecified atom stereocenters. The van der Waals surface area contributed by atoms with Crippen LogP contribution in [0.1, 0.15) is 24.5 Å². The van der Waals surface area contributed by atoms with Gasteiger partial charge in [-0.25, -0.2) is 9.59 Å². The number of hydrogen-bond donors (Lipinski definition) is 1. The van der Waals surface area contributed by atoms with Crippen LogP contribution in [-0.2, 0) is 27.3 Å². The highest BCUT2D eigenvalue weighted by Gasteiger charge is 2.81. The molecule has 226 valence electrons. The number of carboxylic acid groups (broad SMARTS) is 1. The van der Waals surface area contributed by atoms with Crippen molar-refractivity contribution in [2.24, 2.45) is 5.41 Å². The summed E-state index contributed by atoms with van der Waals surface area (Å²) in [7, 11) is 0. The first kappa shape index (κ1) is 30.3. The van der Waals surface area contributed by atoms with Crippen molar-refractivity contribution in [2.45, 2.75) is 43.4 Å². The number of carbonyl (C=O) groups is 3. The van der Waals surface area contributed by atoms with Crippen molar-refractivity contribution in [3.8, 4) is 0 Å². The molecule has 44 heavy (non-hydrogen) atoms. The zero-order chi connectivity index (χ0) is 31.6. The van der Waals surface area contributed by atoms with Crippen molar-refractivity contribution in [3.05, 3.63) is 116 Å². The Labute approximate surface area is 253 Å². The maximum atomic E-state index is 14.1. The van der Waals surface area contributed by atoms with Gasteiger partial charge in [0, 0.05) is 54.4 Å². The van der Waals surface area contributed by atoms with E-state index in [-0.39, 0.29) is 30.8 Å². The first-order valence-electron chi connectivity index (χ1n) is 13.2. The van der Waals surface area contributed by atoms with Crippen LogP contribution < -0.4 is 0 Å². The van der Waals surface area contributed by atoms with Gasteiger partial charge in [0.15, 0.2) is 5.41 Å². The highest BCUT2D eigenvalue weighted by molar-refractivity contribution is 8.03. The van der Waals surface area contributed by atoms with E-state index < -0.39 is 50.0 Å². The molecule has 2 aromatic carbocycles. The molecule has 2 aliphatic heterocycles. The normalized spacial score (nSPS) is 22.6. The number of carbonyl (C=O) groups excluding carboxylic acids is 2. The average Bonchev–Trinajstić information content (AvgIpc) is 3.36. The third kappa shape index (κ3) is 5.38. The number of pyridine rings is 1. The van der Waals surface area contributed by atoms with Crippen LogP contribution in [0, 0.1) is 25.6 Å². The number of aromatic nitrogens is 1. The summed E-state index contributed by atoms with van der Waals surface area (Å²) in [5.74, 6) is -0.700. The Kier molecular flexibility index (Phi) is 8.17. The number of β-lactam (4-membered cyclic amide) rings is 1. The Morgan fingerprint density at radius 3 is 2.14 bits per heavy atom. The van der Waals surface area contributed by atoms with Crippen LogP contribution in [0.15, 0.2) is 89.1 Å². The van der Waals surface area contributed by atoms with Gasteiger partial charge in [0.1, 0.15) is 25.0 Å². The number of nitro benzene ring substituents is 2. The number of nitro groups is 2. The summed E-state index contributed by atoms with van der Waals surface area (Å²) in [6.45, 7) is 1.22. The second-order valence-electron chi connectivity index (χ2n) is 10.3. The second kappa shape index (κ2) is 11.9. The van der Waals surface area contributed by atoms with Crippen molar-refractivity contribution in [1.29, 1.82) is 0 Å². The number of imide groups is 1. The van der Waals surface area contributed by atoms with E-state index in [4.69, 9.17) is 9.47 Å². The number of amides is 2. The molecule has 2 amide bonds. The fourth-order valence-corrected chi connectivity index (χ4v) is 6.79. The SMILES string of the molecule is C[C@@H](OC(=O)OCc1ccc([N+](=O)[O-])cc1)[C@@]1(Cc2ccc([N+](=O)[O-])cc2)C(=O)[N@@+]2(C(=O)O)C=C(Sc3ccncc3)C[C@H]12. The number of non-ortho nitro benzene ring substituents is 2. The molecule has 1 saturated heterocycles. The number of fused-ring (bicyclic) bond motifs is 1. The monoisotopic (exact) mass is 621 g/mol. The molecule has 1 fully saturated rings. The maximum absolute atomic E-state index is 14.1. The summed E-state index contributed by atoms with van der Waals surface area (Å²) in [4.78, 5) is 65.9. The zero-order valence-electron chi connectivity index (χ0n) is 23.1. The molecule has 0 aliphatic carbocycles. The lowest BCUT2D eigenvalue weighted by Crippen LogP contribution is -2.81. The number of rotatable bonds is 10. The fraction of sp³-hybridized carbons (Fsp3) is 0.241. The Bertz CT molecular complexity index is 1670. The minimum atomic E-state index is -1.52. The molecule has 1 N–H and O–H groups in total. The number of quaternary nitrogens is 1. The molecule has 0 radical (unpaired) electrons. The zero-order valence-corrected chi connectivity index (χ0v) is 23.9. The van der Waals surface area contributed by atoms with Crippen molar-refractivity contribution >= 4 is 41.3 Å². The Balaban J connectivity index is 1.41. The molecule has 5 rings (SSSR count). The van der Waals surface area contributed by atoms with Crippen LogP contribution >= 0.6 is 11.8 Å². The number of thioether (sulfide) groups is 1. The van der Waals surface area contributed by atoms with Gasteiger partial charge >= 0.3 is 18.2 Å². The van der Waals surface area contributed by atoms with Crippen LogP contribution in [0.2, 0.25) is 0 Å². The lowest BCUT2D eigenvalue weighted by Gasteiger charge is -2.54. The van der Waals surface area contributed by atoms with Gasteiger partial charge in [-0.1, -0.05) is 23.9 Å². The lowest BCUT2D eigenvalue weighted by molar-refractivity contribution is -0.805. The minimum Gasteiger partial charge on any atom is -0.435 e. The summed E-state index contributed by atoms with van der Waals surface area (Å²) < 4.78 is 9.83. The highest BCUT2D eigenvalue weighted by Crippen LogP contribution is 2.59. The third-order valence-electron chi connectivity index (χ3n) is 7.92. The number of nitrogens with zero attached hydrogens (tertiary/aromatic N) is 4. The summed E-state index contributed by atoms with van der Waals surface area (Å²) >= 11 is 1.30. The predicted molar refractivity (Wildman–Crippen MR) is 153 cm³/mol. The van der Waals surface area contributed by atoms with Gasteiger partial charge in [0.2, 0.25) is 0 Å². The van der Waals surface area contributed by atoms with Crippen molar-refractivity contribution < 1.29 is 43.3 Å². The quantitative estimate of drug-likeness (QED) is 0.0970. The molecular weight excluding hydrogens is 596 g/mol. The maximum Gasteiger partial charge on any atom is 0.526 e. The van der Waals surface area contributed by atoms with Gasteiger partial charge in [-0.3, -0.25) is 25.2 Å². The van der Waals surface area contributed by atoms with E-state index in [1.54, 1.807) is 24.5 Å². The van der Waals surface area contributed by atoms with Crippen LogP contribution in [0.25, 0.3) is 0 Å². The van der Waals surface area contributed by atoms with Crippen LogP contribution in [0.4, 0.5) is 21.0 Å². The van der Waals surface area contributed by atoms with Gasteiger partial charge in [-0.15, -0.1) is 4.48 Å². The summed E-state index contributed by atoms with van der Waals surface area (Å²) in [6.07, 6.45) is 1.07. The van der Waals surface area contributed by atoms with E-state index in [1.165, 1.54) is 73.4 Å². The molecule has 1 aromatic heterocycles. The Hall–Kier alpha value is -5.15. The molecule has 14 nitrogen and oxygen atoms in total. The van der Waals surface area contributed by atoms with Crippen molar-refractivity contribution in [2.75, 3.05) is 0 Å². The summed E-state index contributed by atoms with van der Waals surface area (Å²) in [5, 5.41) is 32.4. The topological polar surface area (TPSA) is 189 Å². The van der Waals surface area contributed by atoms with Crippen LogP contribution in [-0.4, -0.2) is 54.7 Å². The molecule has 3 aromatic rings. The predicted octanol–water partition coefficient (Wildman–Crippen LogP) is 5.61. The lowest BCUT2D eigenvalue weighted by atomic mass is 9.62. The van der Waals surface area contributed by atoms with E-state index in [0.29, 0.717) is 16.0 Å². The number of hydrogen-bond acceptors (Lipinski definition) is 11. The third-order valence-corrected chi connectivity index (χ3v) is 8.97. The standard InChI is InChI=1S/C29H24N4O10S/c1-18(43-28(37)42-17-20-4-8-22(9-5-20)32(40)41)29(15-19-2-6-21(7-3-19)31(38)39)25-14-24(44-23-10-12-30-13-11-23)16-33(25,26(29)34)27(35)36/h2-13,16,18,25H,14-15,17H2,1H3/p+1/t18-,25-,29-,33-/m1/s1. The molecule has 2 aliphatic rings. The van der Waals surface area contributed by atoms with E-state index in [0.717, 1.165) is 4.90 Å². The van der Waals surface area contributed by atoms with Crippen molar-refractivity contribution in [1.82, 2.24) is 4.98 Å². The Morgan fingerprint density at radius 2 is 1.59 bits per heavy atom. The summed E-state index contributed by atoms with van der Waals surface area (Å²) in [5.41, 5.74) is -0.834. The van der Waals surface area contributed by atoms with Gasteiger partial charge in [0.25, 0.3) is 11.4 Å². The fourth-order valence-electron chi connectivity index (χ4n) is 5.77. The van der Waals surface area contributed by atoms with E-state index in [9.17, 15) is 39.7 Å². The van der Waals surface area contributed by atoms with E-state index in [2.05, 4.69) is 4.98 Å². The van der Waals surface area contributed by atoms with Crippen molar-refractivity contribution in [3.63, 3.8) is 0 Å². The van der Waals surface area contributed by atoms with Crippen LogP contribution in [0.3, 0.4) is 0 Å². The first-order valence-corrected chi connectivity index (χ1v) is 14.1. The smallest absolute Gasteiger partial charge is 0.435 e. The summed E-state index contributed by atoms with van der Waals surface area (Å²) in [6, 6.07) is 13.6. The first-order chi connectivity index (χ1) is 21.0. The molecule has 3 heterocycles. The van der Waals surface area contributed by atoms with Gasteiger partial charge in [0.05, 0.1) is 14.8 Å². The van der Waals surface area contributed by atoms with Crippen LogP contribution in [0.5, 0.6) is 0 Å². The number of ether oxygens (including phenoxy) is 2. The van der Waals surface area contributed by atoms with Gasteiger partial charge in [-0.2, -0.15) is 4.79 Å². The molecule has 0 saturated carbocycles. The largest absolute Gasteiger partial charge is 0.526 e. The van der Waals surface area contributed by atoms with E-state index in [1.807, 2.05) is 0 Å². The second-order valence-corrected chi connectivity index (χ2v) is 11.5. The molecular formula is C29H25N4O10S+. The molecule has 0 bridgehead atoms.